The molecule has 0 fully saturated rings. The zero-order valence-corrected chi connectivity index (χ0v) is 13.6. The van der Waals surface area contributed by atoms with Crippen molar-refractivity contribution in [1.82, 2.24) is 4.90 Å². The van der Waals surface area contributed by atoms with Gasteiger partial charge in [-0.05, 0) is 43.3 Å². The van der Waals surface area contributed by atoms with Crippen molar-refractivity contribution in [3.05, 3.63) is 34.9 Å². The van der Waals surface area contributed by atoms with E-state index in [2.05, 4.69) is 25.7 Å². The Morgan fingerprint density at radius 1 is 1.18 bits per heavy atom. The van der Waals surface area contributed by atoms with Crippen molar-refractivity contribution in [2.45, 2.75) is 33.7 Å². The number of benzene rings is 1. The van der Waals surface area contributed by atoms with Gasteiger partial charge < -0.3 is 4.74 Å². The number of hydrogen-bond acceptors (Lipinski definition) is 4. The molecule has 0 saturated carbocycles. The van der Waals surface area contributed by atoms with Gasteiger partial charge in [-0.25, -0.2) is 0 Å². The molecule has 116 valence electrons. The summed E-state index contributed by atoms with van der Waals surface area (Å²) in [4.78, 5) is 2.30. The average molecular weight is 297 g/mol. The van der Waals surface area contributed by atoms with E-state index >= 15 is 0 Å². The van der Waals surface area contributed by atoms with Gasteiger partial charge in [-0.2, -0.15) is 10.5 Å². The molecule has 0 amide bonds. The largest absolute Gasteiger partial charge is 0.493 e. The first-order valence-electron chi connectivity index (χ1n) is 7.68. The number of ether oxygens (including phenoxy) is 1. The molecule has 0 spiro atoms. The average Bonchev–Trinajstić information content (AvgIpc) is 2.56. The van der Waals surface area contributed by atoms with Gasteiger partial charge in [-0.15, -0.1) is 0 Å². The van der Waals surface area contributed by atoms with Crippen LogP contribution in [0.2, 0.25) is 0 Å². The lowest BCUT2D eigenvalue weighted by Gasteiger charge is -2.20. The summed E-state index contributed by atoms with van der Waals surface area (Å²) in [6, 6.07) is 9.58. The summed E-state index contributed by atoms with van der Waals surface area (Å²) in [6.07, 6.45) is 2.56. The molecule has 4 nitrogen and oxygen atoms in total. The van der Waals surface area contributed by atoms with Crippen LogP contribution in [0.25, 0.3) is 6.08 Å². The number of nitriles is 2. The molecule has 0 atom stereocenters. The molecule has 0 bridgehead atoms. The van der Waals surface area contributed by atoms with E-state index in [9.17, 15) is 0 Å². The first-order valence-corrected chi connectivity index (χ1v) is 7.68. The molecular weight excluding hydrogens is 274 g/mol. The molecule has 0 aromatic heterocycles. The summed E-state index contributed by atoms with van der Waals surface area (Å²) in [6.45, 7) is 9.74. The molecule has 0 saturated heterocycles. The third-order valence-electron chi connectivity index (χ3n) is 3.39. The Balaban J connectivity index is 3.13. The van der Waals surface area contributed by atoms with E-state index in [0.29, 0.717) is 6.61 Å². The minimum atomic E-state index is 0.107. The van der Waals surface area contributed by atoms with Gasteiger partial charge in [0.2, 0.25) is 0 Å². The lowest BCUT2D eigenvalue weighted by Crippen LogP contribution is -2.22. The van der Waals surface area contributed by atoms with Gasteiger partial charge in [0, 0.05) is 12.1 Å². The standard InChI is InChI=1S/C18H23N3O/c1-4-9-22-18-8-7-15(10-16(12-19)13-20)11-17(18)14-21(5-2)6-3/h7-8,10-11H,4-6,9,14H2,1-3H3. The maximum absolute atomic E-state index is 8.88. The molecule has 0 aliphatic rings. The number of allylic oxidation sites excluding steroid dienone is 1. The second-order valence-corrected chi connectivity index (χ2v) is 4.96. The predicted octanol–water partition coefficient (Wildman–Crippen LogP) is 3.75. The van der Waals surface area contributed by atoms with Gasteiger partial charge in [0.15, 0.2) is 0 Å². The van der Waals surface area contributed by atoms with Crippen molar-refractivity contribution >= 4 is 6.08 Å². The molecular formula is C18H23N3O. The van der Waals surface area contributed by atoms with Gasteiger partial charge in [-0.3, -0.25) is 4.90 Å². The molecule has 0 radical (unpaired) electrons. The second-order valence-electron chi connectivity index (χ2n) is 4.96. The molecule has 0 aliphatic carbocycles. The van der Waals surface area contributed by atoms with Gasteiger partial charge in [-0.1, -0.05) is 26.8 Å². The van der Waals surface area contributed by atoms with Crippen LogP contribution in [-0.2, 0) is 6.54 Å². The monoisotopic (exact) mass is 297 g/mol. The van der Waals surface area contributed by atoms with Gasteiger partial charge in [0.1, 0.15) is 23.5 Å². The van der Waals surface area contributed by atoms with E-state index in [1.807, 2.05) is 30.3 Å². The molecule has 22 heavy (non-hydrogen) atoms. The van der Waals surface area contributed by atoms with E-state index in [-0.39, 0.29) is 5.57 Å². The fourth-order valence-electron chi connectivity index (χ4n) is 2.11. The minimum Gasteiger partial charge on any atom is -0.493 e. The molecule has 0 unspecified atom stereocenters. The SMILES string of the molecule is CCCOc1ccc(C=C(C#N)C#N)cc1CN(CC)CC. The van der Waals surface area contributed by atoms with Crippen molar-refractivity contribution in [2.75, 3.05) is 19.7 Å². The van der Waals surface area contributed by atoms with Crippen LogP contribution in [0.3, 0.4) is 0 Å². The molecule has 4 heteroatoms. The van der Waals surface area contributed by atoms with E-state index in [1.165, 1.54) is 0 Å². The number of rotatable bonds is 8. The van der Waals surface area contributed by atoms with Crippen LogP contribution in [0.5, 0.6) is 5.75 Å². The van der Waals surface area contributed by atoms with Gasteiger partial charge in [0.25, 0.3) is 0 Å². The Kier molecular flexibility index (Phi) is 7.75. The predicted molar refractivity (Wildman–Crippen MR) is 88.1 cm³/mol. The molecule has 0 heterocycles. The third kappa shape index (κ3) is 5.24. The summed E-state index contributed by atoms with van der Waals surface area (Å²) < 4.78 is 5.81. The summed E-state index contributed by atoms with van der Waals surface area (Å²) in [5, 5.41) is 17.8. The van der Waals surface area contributed by atoms with Crippen molar-refractivity contribution in [2.24, 2.45) is 0 Å². The first-order chi connectivity index (χ1) is 10.7. The molecule has 1 aromatic rings. The zero-order valence-electron chi connectivity index (χ0n) is 13.6. The third-order valence-corrected chi connectivity index (χ3v) is 3.39. The number of hydrogen-bond donors (Lipinski definition) is 0. The highest BCUT2D eigenvalue weighted by Crippen LogP contribution is 2.23. The highest BCUT2D eigenvalue weighted by molar-refractivity contribution is 5.63. The van der Waals surface area contributed by atoms with E-state index < -0.39 is 0 Å². The van der Waals surface area contributed by atoms with Crippen LogP contribution >= 0.6 is 0 Å². The maximum Gasteiger partial charge on any atom is 0.130 e. The maximum atomic E-state index is 8.88. The van der Waals surface area contributed by atoms with Crippen LogP contribution in [0, 0.1) is 22.7 Å². The normalized spacial score (nSPS) is 9.91. The zero-order chi connectivity index (χ0) is 16.4. The fraction of sp³-hybridized carbons (Fsp3) is 0.444. The van der Waals surface area contributed by atoms with Crippen LogP contribution in [0.15, 0.2) is 23.8 Å². The summed E-state index contributed by atoms with van der Waals surface area (Å²) >= 11 is 0. The molecule has 1 rings (SSSR count). The van der Waals surface area contributed by atoms with Gasteiger partial charge in [0.05, 0.1) is 6.61 Å². The summed E-state index contributed by atoms with van der Waals surface area (Å²) in [5.74, 6) is 0.876. The molecule has 0 aliphatic heterocycles. The van der Waals surface area contributed by atoms with Crippen molar-refractivity contribution in [3.63, 3.8) is 0 Å². The van der Waals surface area contributed by atoms with Crippen LogP contribution in [0.4, 0.5) is 0 Å². The lowest BCUT2D eigenvalue weighted by molar-refractivity contribution is 0.277. The lowest BCUT2D eigenvalue weighted by atomic mass is 10.1. The highest BCUT2D eigenvalue weighted by atomic mass is 16.5. The van der Waals surface area contributed by atoms with Crippen LogP contribution in [-0.4, -0.2) is 24.6 Å². The Labute approximate surface area is 133 Å². The minimum absolute atomic E-state index is 0.107. The molecule has 0 N–H and O–H groups in total. The first kappa shape index (κ1) is 17.8. The fourth-order valence-corrected chi connectivity index (χ4v) is 2.11. The van der Waals surface area contributed by atoms with E-state index in [1.54, 1.807) is 6.08 Å². The smallest absolute Gasteiger partial charge is 0.130 e. The number of nitrogens with zero attached hydrogens (tertiary/aromatic N) is 3. The van der Waals surface area contributed by atoms with Crippen LogP contribution < -0.4 is 4.74 Å². The Bertz CT molecular complexity index is 573. The summed E-state index contributed by atoms with van der Waals surface area (Å²) in [7, 11) is 0. The Hall–Kier alpha value is -2.30. The van der Waals surface area contributed by atoms with E-state index in [0.717, 1.165) is 42.9 Å². The Morgan fingerprint density at radius 3 is 2.41 bits per heavy atom. The quantitative estimate of drug-likeness (QED) is 0.686. The van der Waals surface area contributed by atoms with Crippen molar-refractivity contribution in [3.8, 4) is 17.9 Å². The summed E-state index contributed by atoms with van der Waals surface area (Å²) in [5.41, 5.74) is 2.04. The van der Waals surface area contributed by atoms with Crippen molar-refractivity contribution in [1.29, 1.82) is 10.5 Å². The van der Waals surface area contributed by atoms with Crippen LogP contribution in [0.1, 0.15) is 38.3 Å². The second kappa shape index (κ2) is 9.60. The van der Waals surface area contributed by atoms with E-state index in [4.69, 9.17) is 15.3 Å². The molecule has 1 aromatic carbocycles. The highest BCUT2D eigenvalue weighted by Gasteiger charge is 2.09. The topological polar surface area (TPSA) is 60.0 Å². The van der Waals surface area contributed by atoms with Gasteiger partial charge >= 0.3 is 0 Å². The Morgan fingerprint density at radius 2 is 1.86 bits per heavy atom. The van der Waals surface area contributed by atoms with Crippen molar-refractivity contribution < 1.29 is 4.74 Å².